The minimum atomic E-state index is -0.451. The van der Waals surface area contributed by atoms with E-state index in [4.69, 9.17) is 14.2 Å². The van der Waals surface area contributed by atoms with Crippen LogP contribution in [-0.2, 0) is 0 Å². The number of ether oxygens (including phenoxy) is 3. The number of halogens is 1. The molecule has 0 spiro atoms. The highest BCUT2D eigenvalue weighted by Crippen LogP contribution is 2.33. The smallest absolute Gasteiger partial charge is 0.336 e. The Bertz CT molecular complexity index is 970. The molecule has 0 atom stereocenters. The maximum atomic E-state index is 13.5. The summed E-state index contributed by atoms with van der Waals surface area (Å²) in [6.45, 7) is 0.110. The number of aromatic nitrogens is 3. The molecule has 8 heteroatoms. The predicted octanol–water partition coefficient (Wildman–Crippen LogP) is 2.51. The number of methoxy groups -OCH3 is 1. The Morgan fingerprint density at radius 1 is 1.20 bits per heavy atom. The van der Waals surface area contributed by atoms with Gasteiger partial charge in [0.2, 0.25) is 6.79 Å². The zero-order chi connectivity index (χ0) is 17.4. The summed E-state index contributed by atoms with van der Waals surface area (Å²) in [6.07, 6.45) is 0. The van der Waals surface area contributed by atoms with Crippen LogP contribution >= 0.6 is 0 Å². The zero-order valence-electron chi connectivity index (χ0n) is 13.1. The van der Waals surface area contributed by atoms with Gasteiger partial charge in [-0.3, -0.25) is 4.79 Å². The van der Waals surface area contributed by atoms with E-state index in [-0.39, 0.29) is 18.6 Å². The third-order valence-corrected chi connectivity index (χ3v) is 3.66. The lowest BCUT2D eigenvalue weighted by Crippen LogP contribution is -2.15. The zero-order valence-corrected chi connectivity index (χ0v) is 13.1. The van der Waals surface area contributed by atoms with Crippen molar-refractivity contribution in [3.05, 3.63) is 53.8 Å². The number of benzene rings is 2. The van der Waals surface area contributed by atoms with Crippen LogP contribution < -0.4 is 14.2 Å². The van der Waals surface area contributed by atoms with Crippen molar-refractivity contribution in [3.63, 3.8) is 0 Å². The molecule has 7 nitrogen and oxygen atoms in total. The van der Waals surface area contributed by atoms with E-state index in [0.29, 0.717) is 22.6 Å². The fourth-order valence-corrected chi connectivity index (χ4v) is 2.49. The molecule has 1 aliphatic heterocycles. The van der Waals surface area contributed by atoms with E-state index in [2.05, 4.69) is 10.1 Å². The Hall–Kier alpha value is -3.42. The summed E-state index contributed by atoms with van der Waals surface area (Å²) in [5.74, 6) is 0.331. The third kappa shape index (κ3) is 2.67. The highest BCUT2D eigenvalue weighted by Gasteiger charge is 2.22. The fourth-order valence-electron chi connectivity index (χ4n) is 2.49. The molecule has 4 rings (SSSR count). The molecule has 126 valence electrons. The normalized spacial score (nSPS) is 12.2. The number of carbonyl (C=O) groups is 1. The SMILES string of the molecule is COc1nc(-c2cccc(F)c2)n(C(=O)c2ccc3c(c2)OCO3)n1. The monoisotopic (exact) mass is 341 g/mol. The molecular weight excluding hydrogens is 329 g/mol. The van der Waals surface area contributed by atoms with Gasteiger partial charge in [-0.2, -0.15) is 9.67 Å². The number of rotatable bonds is 3. The first-order chi connectivity index (χ1) is 12.2. The van der Waals surface area contributed by atoms with Crippen LogP contribution in [0.2, 0.25) is 0 Å². The minimum Gasteiger partial charge on any atom is -0.466 e. The molecule has 0 bridgehead atoms. The summed E-state index contributed by atoms with van der Waals surface area (Å²) in [4.78, 5) is 17.0. The molecule has 25 heavy (non-hydrogen) atoms. The third-order valence-electron chi connectivity index (χ3n) is 3.66. The summed E-state index contributed by atoms with van der Waals surface area (Å²) >= 11 is 0. The molecule has 0 fully saturated rings. The molecule has 2 aromatic carbocycles. The minimum absolute atomic E-state index is 0.00774. The van der Waals surface area contributed by atoms with Crippen LogP contribution in [-0.4, -0.2) is 34.6 Å². The summed E-state index contributed by atoms with van der Waals surface area (Å²) < 4.78 is 30.2. The van der Waals surface area contributed by atoms with Crippen molar-refractivity contribution in [1.82, 2.24) is 14.8 Å². The molecule has 0 saturated carbocycles. The second kappa shape index (κ2) is 5.90. The van der Waals surface area contributed by atoms with Crippen molar-refractivity contribution in [2.75, 3.05) is 13.9 Å². The topological polar surface area (TPSA) is 75.5 Å². The molecule has 3 aromatic rings. The van der Waals surface area contributed by atoms with E-state index < -0.39 is 11.7 Å². The van der Waals surface area contributed by atoms with Crippen molar-refractivity contribution in [1.29, 1.82) is 0 Å². The Morgan fingerprint density at radius 3 is 2.84 bits per heavy atom. The molecule has 0 unspecified atom stereocenters. The Kier molecular flexibility index (Phi) is 3.57. The first kappa shape index (κ1) is 15.1. The van der Waals surface area contributed by atoms with Gasteiger partial charge >= 0.3 is 6.01 Å². The van der Waals surface area contributed by atoms with E-state index in [1.807, 2.05) is 0 Å². The Labute approximate surface area is 141 Å². The van der Waals surface area contributed by atoms with Gasteiger partial charge in [-0.25, -0.2) is 4.39 Å². The summed E-state index contributed by atoms with van der Waals surface area (Å²) in [5, 5.41) is 4.04. The van der Waals surface area contributed by atoms with Gasteiger partial charge in [-0.05, 0) is 30.3 Å². The Morgan fingerprint density at radius 2 is 2.04 bits per heavy atom. The number of hydrogen-bond acceptors (Lipinski definition) is 6. The lowest BCUT2D eigenvalue weighted by molar-refractivity contribution is 0.0945. The number of nitrogens with zero attached hydrogens (tertiary/aromatic N) is 3. The Balaban J connectivity index is 1.79. The van der Waals surface area contributed by atoms with Gasteiger partial charge in [0.1, 0.15) is 5.82 Å². The molecule has 0 N–H and O–H groups in total. The van der Waals surface area contributed by atoms with Crippen LogP contribution in [0.25, 0.3) is 11.4 Å². The van der Waals surface area contributed by atoms with Gasteiger partial charge in [0.05, 0.1) is 7.11 Å². The van der Waals surface area contributed by atoms with E-state index in [1.165, 1.54) is 25.3 Å². The van der Waals surface area contributed by atoms with Crippen molar-refractivity contribution in [2.24, 2.45) is 0 Å². The van der Waals surface area contributed by atoms with Crippen LogP contribution in [0, 0.1) is 5.82 Å². The summed E-state index contributed by atoms with van der Waals surface area (Å²) in [5.41, 5.74) is 0.736. The lowest BCUT2D eigenvalue weighted by atomic mass is 10.1. The molecule has 0 amide bonds. The maximum Gasteiger partial charge on any atom is 0.336 e. The number of hydrogen-bond donors (Lipinski definition) is 0. The van der Waals surface area contributed by atoms with E-state index >= 15 is 0 Å². The summed E-state index contributed by atoms with van der Waals surface area (Å²) in [7, 11) is 1.39. The highest BCUT2D eigenvalue weighted by atomic mass is 19.1. The van der Waals surface area contributed by atoms with Crippen LogP contribution in [0.4, 0.5) is 4.39 Å². The average Bonchev–Trinajstić information content (AvgIpc) is 3.27. The second-order valence-electron chi connectivity index (χ2n) is 5.22. The van der Waals surface area contributed by atoms with E-state index in [1.54, 1.807) is 24.3 Å². The van der Waals surface area contributed by atoms with Crippen LogP contribution in [0.15, 0.2) is 42.5 Å². The van der Waals surface area contributed by atoms with Crippen molar-refractivity contribution < 1.29 is 23.4 Å². The van der Waals surface area contributed by atoms with Crippen LogP contribution in [0.3, 0.4) is 0 Å². The van der Waals surface area contributed by atoms with Gasteiger partial charge in [-0.15, -0.1) is 5.10 Å². The van der Waals surface area contributed by atoms with E-state index in [0.717, 1.165) is 4.68 Å². The number of fused-ring (bicyclic) bond motifs is 1. The molecule has 0 saturated heterocycles. The second-order valence-corrected chi connectivity index (χ2v) is 5.22. The molecule has 2 heterocycles. The lowest BCUT2D eigenvalue weighted by Gasteiger charge is -2.05. The first-order valence-electron chi connectivity index (χ1n) is 7.37. The molecule has 1 aromatic heterocycles. The van der Waals surface area contributed by atoms with Crippen molar-refractivity contribution in [2.45, 2.75) is 0 Å². The van der Waals surface area contributed by atoms with Crippen LogP contribution in [0.5, 0.6) is 17.5 Å². The molecule has 1 aliphatic rings. The largest absolute Gasteiger partial charge is 0.466 e. The quantitative estimate of drug-likeness (QED) is 0.729. The van der Waals surface area contributed by atoms with Gasteiger partial charge in [0.25, 0.3) is 5.91 Å². The van der Waals surface area contributed by atoms with Crippen molar-refractivity contribution >= 4 is 5.91 Å². The van der Waals surface area contributed by atoms with Gasteiger partial charge in [0, 0.05) is 11.1 Å². The standard InChI is InChI=1S/C17H12FN3O4/c1-23-17-19-15(10-3-2-4-12(18)7-10)21(20-17)16(22)11-5-6-13-14(8-11)25-9-24-13/h2-8H,9H2,1H3. The summed E-state index contributed by atoms with van der Waals surface area (Å²) in [6, 6.07) is 10.6. The van der Waals surface area contributed by atoms with Gasteiger partial charge in [0.15, 0.2) is 17.3 Å². The highest BCUT2D eigenvalue weighted by molar-refractivity contribution is 5.98. The predicted molar refractivity (Wildman–Crippen MR) is 84.3 cm³/mol. The average molecular weight is 341 g/mol. The van der Waals surface area contributed by atoms with Crippen molar-refractivity contribution in [3.8, 4) is 28.9 Å². The van der Waals surface area contributed by atoms with Crippen LogP contribution in [0.1, 0.15) is 10.4 Å². The molecular formula is C17H12FN3O4. The number of carbonyl (C=O) groups excluding carboxylic acids is 1. The van der Waals surface area contributed by atoms with Gasteiger partial charge < -0.3 is 14.2 Å². The molecule has 0 aliphatic carbocycles. The first-order valence-corrected chi connectivity index (χ1v) is 7.37. The fraction of sp³-hybridized carbons (Fsp3) is 0.118. The maximum absolute atomic E-state index is 13.5. The van der Waals surface area contributed by atoms with Gasteiger partial charge in [-0.1, -0.05) is 12.1 Å². The molecule has 0 radical (unpaired) electrons. The van der Waals surface area contributed by atoms with E-state index in [9.17, 15) is 9.18 Å².